The van der Waals surface area contributed by atoms with Crippen molar-refractivity contribution >= 4 is 11.6 Å². The molecule has 0 N–H and O–H groups in total. The molecule has 1 aromatic heterocycles. The summed E-state index contributed by atoms with van der Waals surface area (Å²) in [5, 5.41) is 0. The Morgan fingerprint density at radius 3 is 2.50 bits per heavy atom. The Labute approximate surface area is 127 Å². The zero-order chi connectivity index (χ0) is 15.4. The van der Waals surface area contributed by atoms with E-state index in [1.54, 1.807) is 42.7 Å². The van der Waals surface area contributed by atoms with Gasteiger partial charge in [-0.1, -0.05) is 6.07 Å². The fourth-order valence-electron chi connectivity index (χ4n) is 2.34. The molecule has 1 aliphatic heterocycles. The van der Waals surface area contributed by atoms with Gasteiger partial charge in [0, 0.05) is 30.8 Å². The van der Waals surface area contributed by atoms with Crippen LogP contribution in [-0.2, 0) is 0 Å². The average Bonchev–Trinajstić information content (AvgIpc) is 2.59. The third kappa shape index (κ3) is 2.98. The predicted octanol–water partition coefficient (Wildman–Crippen LogP) is 2.70. The number of aromatic nitrogens is 1. The molecule has 0 unspecified atom stereocenters. The maximum absolute atomic E-state index is 12.4. The normalized spacial score (nSPS) is 12.7. The molecule has 5 nitrogen and oxygen atoms in total. The van der Waals surface area contributed by atoms with Crippen molar-refractivity contribution in [3.8, 4) is 11.5 Å². The van der Waals surface area contributed by atoms with E-state index in [1.165, 1.54) is 0 Å². The quantitative estimate of drug-likeness (QED) is 0.794. The van der Waals surface area contributed by atoms with Crippen molar-refractivity contribution in [1.82, 2.24) is 4.98 Å². The summed E-state index contributed by atoms with van der Waals surface area (Å²) >= 11 is 0. The number of carbonyl (C=O) groups excluding carboxylic acids is 2. The van der Waals surface area contributed by atoms with Crippen LogP contribution >= 0.6 is 0 Å². The van der Waals surface area contributed by atoms with Crippen LogP contribution < -0.4 is 9.47 Å². The summed E-state index contributed by atoms with van der Waals surface area (Å²) in [6, 6.07) is 8.52. The van der Waals surface area contributed by atoms with Crippen molar-refractivity contribution in [2.24, 2.45) is 0 Å². The number of carbonyl (C=O) groups is 2. The number of Topliss-reactive ketones (excluding diaryl/α,β-unsaturated/α-hetero) is 2. The highest BCUT2D eigenvalue weighted by atomic mass is 16.6. The van der Waals surface area contributed by atoms with Crippen molar-refractivity contribution in [1.29, 1.82) is 0 Å². The number of para-hydroxylation sites is 1. The molecule has 112 valence electrons. The van der Waals surface area contributed by atoms with Gasteiger partial charge in [0.1, 0.15) is 13.2 Å². The summed E-state index contributed by atoms with van der Waals surface area (Å²) in [7, 11) is 0. The second-order valence-corrected chi connectivity index (χ2v) is 4.91. The molecular weight excluding hydrogens is 282 g/mol. The molecule has 0 bridgehead atoms. The van der Waals surface area contributed by atoms with Crippen molar-refractivity contribution in [2.75, 3.05) is 13.2 Å². The smallest absolute Gasteiger partial charge is 0.172 e. The third-order valence-electron chi connectivity index (χ3n) is 3.45. The van der Waals surface area contributed by atoms with Gasteiger partial charge in [0.2, 0.25) is 0 Å². The highest BCUT2D eigenvalue weighted by molar-refractivity contribution is 6.03. The molecule has 3 rings (SSSR count). The second-order valence-electron chi connectivity index (χ2n) is 4.91. The van der Waals surface area contributed by atoms with Gasteiger partial charge in [-0.3, -0.25) is 14.6 Å². The van der Waals surface area contributed by atoms with E-state index in [1.807, 2.05) is 0 Å². The van der Waals surface area contributed by atoms with Crippen LogP contribution in [-0.4, -0.2) is 29.8 Å². The first kappa shape index (κ1) is 14.3. The average molecular weight is 297 g/mol. The fourth-order valence-corrected chi connectivity index (χ4v) is 2.34. The molecule has 0 saturated heterocycles. The van der Waals surface area contributed by atoms with Crippen LogP contribution in [0.5, 0.6) is 11.5 Å². The number of ketones is 2. The molecule has 0 spiro atoms. The summed E-state index contributed by atoms with van der Waals surface area (Å²) in [6.07, 6.45) is 3.43. The summed E-state index contributed by atoms with van der Waals surface area (Å²) < 4.78 is 11.0. The fraction of sp³-hybridized carbons (Fsp3) is 0.235. The van der Waals surface area contributed by atoms with Crippen LogP contribution in [0.15, 0.2) is 42.7 Å². The van der Waals surface area contributed by atoms with Gasteiger partial charge in [0.05, 0.1) is 5.56 Å². The number of benzene rings is 1. The highest BCUT2D eigenvalue weighted by Gasteiger charge is 2.20. The molecule has 22 heavy (non-hydrogen) atoms. The summed E-state index contributed by atoms with van der Waals surface area (Å²) in [5.41, 5.74) is 1.04. The van der Waals surface area contributed by atoms with Crippen molar-refractivity contribution in [3.05, 3.63) is 53.9 Å². The van der Waals surface area contributed by atoms with Crippen LogP contribution in [0, 0.1) is 0 Å². The summed E-state index contributed by atoms with van der Waals surface area (Å²) in [5.74, 6) is 0.871. The van der Waals surface area contributed by atoms with Crippen LogP contribution in [0.1, 0.15) is 33.6 Å². The van der Waals surface area contributed by atoms with Gasteiger partial charge in [-0.25, -0.2) is 0 Å². The van der Waals surface area contributed by atoms with Gasteiger partial charge in [0.15, 0.2) is 23.1 Å². The molecule has 0 atom stereocenters. The van der Waals surface area contributed by atoms with E-state index in [0.29, 0.717) is 35.8 Å². The third-order valence-corrected chi connectivity index (χ3v) is 3.45. The maximum atomic E-state index is 12.4. The molecule has 1 aromatic carbocycles. The minimum absolute atomic E-state index is 0.0716. The van der Waals surface area contributed by atoms with Gasteiger partial charge < -0.3 is 9.47 Å². The van der Waals surface area contributed by atoms with Crippen LogP contribution in [0.2, 0.25) is 0 Å². The van der Waals surface area contributed by atoms with E-state index in [9.17, 15) is 9.59 Å². The van der Waals surface area contributed by atoms with Crippen LogP contribution in [0.3, 0.4) is 0 Å². The summed E-state index contributed by atoms with van der Waals surface area (Å²) in [6.45, 7) is 0.901. The molecule has 2 heterocycles. The van der Waals surface area contributed by atoms with Gasteiger partial charge >= 0.3 is 0 Å². The van der Waals surface area contributed by atoms with E-state index in [2.05, 4.69) is 4.98 Å². The Hall–Kier alpha value is -2.69. The molecule has 1 aliphatic rings. The summed E-state index contributed by atoms with van der Waals surface area (Å²) in [4.78, 5) is 28.3. The number of fused-ring (bicyclic) bond motifs is 1. The number of pyridine rings is 1. The Bertz CT molecular complexity index is 697. The Morgan fingerprint density at radius 1 is 0.955 bits per heavy atom. The Balaban J connectivity index is 1.69. The lowest BCUT2D eigenvalue weighted by molar-refractivity contribution is 0.0911. The monoisotopic (exact) mass is 297 g/mol. The van der Waals surface area contributed by atoms with Crippen molar-refractivity contribution in [3.63, 3.8) is 0 Å². The van der Waals surface area contributed by atoms with E-state index < -0.39 is 0 Å². The molecular formula is C17H15NO4. The minimum atomic E-state index is -0.121. The molecule has 2 aromatic rings. The number of hydrogen-bond acceptors (Lipinski definition) is 5. The standard InChI is InChI=1S/C17H15NO4/c19-14(12-6-8-18-9-7-12)4-5-15(20)13-2-1-3-16-17(13)22-11-10-21-16/h1-3,6-9H,4-5,10-11H2. The van der Waals surface area contributed by atoms with Crippen LogP contribution in [0.25, 0.3) is 0 Å². The maximum Gasteiger partial charge on any atom is 0.172 e. The van der Waals surface area contributed by atoms with Gasteiger partial charge in [-0.15, -0.1) is 0 Å². The first-order valence-corrected chi connectivity index (χ1v) is 7.11. The van der Waals surface area contributed by atoms with Crippen LogP contribution in [0.4, 0.5) is 0 Å². The first-order chi connectivity index (χ1) is 10.8. The van der Waals surface area contributed by atoms with E-state index in [4.69, 9.17) is 9.47 Å². The Morgan fingerprint density at radius 2 is 1.68 bits per heavy atom. The number of hydrogen-bond donors (Lipinski definition) is 0. The zero-order valence-electron chi connectivity index (χ0n) is 12.0. The number of ether oxygens (including phenoxy) is 2. The van der Waals surface area contributed by atoms with Crippen molar-refractivity contribution in [2.45, 2.75) is 12.8 Å². The number of rotatable bonds is 5. The largest absolute Gasteiger partial charge is 0.486 e. The van der Waals surface area contributed by atoms with E-state index >= 15 is 0 Å². The molecule has 0 fully saturated rings. The van der Waals surface area contributed by atoms with E-state index in [0.717, 1.165) is 0 Å². The predicted molar refractivity (Wildman–Crippen MR) is 79.6 cm³/mol. The van der Waals surface area contributed by atoms with E-state index in [-0.39, 0.29) is 24.4 Å². The van der Waals surface area contributed by atoms with Crippen molar-refractivity contribution < 1.29 is 19.1 Å². The topological polar surface area (TPSA) is 65.5 Å². The first-order valence-electron chi connectivity index (χ1n) is 7.11. The van der Waals surface area contributed by atoms with Gasteiger partial charge in [0.25, 0.3) is 0 Å². The lowest BCUT2D eigenvalue weighted by Gasteiger charge is -2.20. The highest BCUT2D eigenvalue weighted by Crippen LogP contribution is 2.34. The van der Waals surface area contributed by atoms with Gasteiger partial charge in [-0.05, 0) is 24.3 Å². The SMILES string of the molecule is O=C(CCC(=O)c1cccc2c1OCCO2)c1ccncc1. The molecule has 0 radical (unpaired) electrons. The molecule has 0 aliphatic carbocycles. The molecule has 5 heteroatoms. The molecule has 0 saturated carbocycles. The minimum Gasteiger partial charge on any atom is -0.486 e. The number of nitrogens with zero attached hydrogens (tertiary/aromatic N) is 1. The second kappa shape index (κ2) is 6.39. The lowest BCUT2D eigenvalue weighted by atomic mass is 10.0. The van der Waals surface area contributed by atoms with Gasteiger partial charge in [-0.2, -0.15) is 0 Å². The Kier molecular flexibility index (Phi) is 4.14. The molecule has 0 amide bonds. The lowest BCUT2D eigenvalue weighted by Crippen LogP contribution is -2.18. The zero-order valence-corrected chi connectivity index (χ0v) is 12.0.